The van der Waals surface area contributed by atoms with E-state index in [1.54, 1.807) is 25.1 Å². The van der Waals surface area contributed by atoms with Crippen LogP contribution in [0.1, 0.15) is 38.8 Å². The third kappa shape index (κ3) is 4.45. The van der Waals surface area contributed by atoms with Crippen LogP contribution < -0.4 is 5.32 Å². The maximum absolute atomic E-state index is 13.7. The van der Waals surface area contributed by atoms with E-state index in [-0.39, 0.29) is 30.3 Å². The molecule has 18 heavy (non-hydrogen) atoms. The molecule has 0 saturated heterocycles. The Kier molecular flexibility index (Phi) is 5.78. The van der Waals surface area contributed by atoms with Crippen molar-refractivity contribution in [2.45, 2.75) is 39.3 Å². The van der Waals surface area contributed by atoms with Crippen molar-refractivity contribution in [3.8, 4) is 0 Å². The van der Waals surface area contributed by atoms with Crippen LogP contribution in [0.3, 0.4) is 0 Å². The second-order valence-corrected chi connectivity index (χ2v) is 4.40. The first kappa shape index (κ1) is 14.6. The van der Waals surface area contributed by atoms with Gasteiger partial charge in [0.2, 0.25) is 0 Å². The summed E-state index contributed by atoms with van der Waals surface area (Å²) < 4.78 is 18.6. The van der Waals surface area contributed by atoms with Gasteiger partial charge in [-0.1, -0.05) is 32.0 Å². The van der Waals surface area contributed by atoms with E-state index in [2.05, 4.69) is 5.32 Å². The largest absolute Gasteiger partial charge is 0.466 e. The number of ether oxygens (including phenoxy) is 1. The minimum absolute atomic E-state index is 0.132. The third-order valence-electron chi connectivity index (χ3n) is 2.49. The predicted octanol–water partition coefficient (Wildman–Crippen LogP) is 2.82. The first-order valence-electron chi connectivity index (χ1n) is 6.20. The Hall–Kier alpha value is -1.42. The summed E-state index contributed by atoms with van der Waals surface area (Å²) in [6.07, 6.45) is 0.132. The number of hydrogen-bond donors (Lipinski definition) is 1. The molecule has 0 bridgehead atoms. The molecule has 4 heteroatoms. The molecule has 0 aliphatic rings. The number of rotatable bonds is 6. The van der Waals surface area contributed by atoms with Gasteiger partial charge in [-0.05, 0) is 13.0 Å². The van der Waals surface area contributed by atoms with Crippen molar-refractivity contribution < 1.29 is 13.9 Å². The summed E-state index contributed by atoms with van der Waals surface area (Å²) in [7, 11) is 0. The molecule has 100 valence electrons. The van der Waals surface area contributed by atoms with Gasteiger partial charge in [0.1, 0.15) is 5.82 Å². The van der Waals surface area contributed by atoms with E-state index in [1.807, 2.05) is 13.8 Å². The molecule has 1 rings (SSSR count). The Morgan fingerprint density at radius 2 is 2.06 bits per heavy atom. The number of nitrogens with one attached hydrogen (secondary N) is 1. The lowest BCUT2D eigenvalue weighted by atomic mass is 10.0. The smallest absolute Gasteiger partial charge is 0.307 e. The SMILES string of the molecule is CCOC(=O)CC(NC(C)C)c1ccccc1F. The lowest BCUT2D eigenvalue weighted by molar-refractivity contribution is -0.143. The minimum atomic E-state index is -0.356. The fraction of sp³-hybridized carbons (Fsp3) is 0.500. The molecule has 0 aliphatic heterocycles. The Labute approximate surface area is 107 Å². The van der Waals surface area contributed by atoms with Gasteiger partial charge in [-0.15, -0.1) is 0 Å². The molecule has 1 aromatic rings. The molecule has 3 nitrogen and oxygen atoms in total. The van der Waals surface area contributed by atoms with Crippen molar-refractivity contribution in [1.29, 1.82) is 0 Å². The van der Waals surface area contributed by atoms with Crippen molar-refractivity contribution in [1.82, 2.24) is 5.32 Å². The molecular weight excluding hydrogens is 233 g/mol. The zero-order valence-electron chi connectivity index (χ0n) is 11.1. The van der Waals surface area contributed by atoms with E-state index < -0.39 is 0 Å². The maximum Gasteiger partial charge on any atom is 0.307 e. The van der Waals surface area contributed by atoms with Crippen molar-refractivity contribution in [2.24, 2.45) is 0 Å². The highest BCUT2D eigenvalue weighted by Crippen LogP contribution is 2.21. The van der Waals surface area contributed by atoms with Gasteiger partial charge >= 0.3 is 5.97 Å². The molecule has 0 fully saturated rings. The van der Waals surface area contributed by atoms with Crippen LogP contribution >= 0.6 is 0 Å². The number of carbonyl (C=O) groups is 1. The van der Waals surface area contributed by atoms with Gasteiger partial charge < -0.3 is 10.1 Å². The van der Waals surface area contributed by atoms with E-state index in [0.717, 1.165) is 0 Å². The summed E-state index contributed by atoms with van der Waals surface area (Å²) in [5.41, 5.74) is 0.499. The van der Waals surface area contributed by atoms with E-state index in [0.29, 0.717) is 12.2 Å². The lowest BCUT2D eigenvalue weighted by Crippen LogP contribution is -2.31. The number of carbonyl (C=O) groups excluding carboxylic acids is 1. The highest BCUT2D eigenvalue weighted by Gasteiger charge is 2.20. The molecule has 1 atom stereocenters. The maximum atomic E-state index is 13.7. The molecule has 0 aromatic heterocycles. The van der Waals surface area contributed by atoms with Gasteiger partial charge in [0.25, 0.3) is 0 Å². The van der Waals surface area contributed by atoms with Gasteiger partial charge in [-0.25, -0.2) is 4.39 Å². The Bertz CT molecular complexity index is 393. The van der Waals surface area contributed by atoms with Crippen molar-refractivity contribution >= 4 is 5.97 Å². The monoisotopic (exact) mass is 253 g/mol. The fourth-order valence-corrected chi connectivity index (χ4v) is 1.81. The van der Waals surface area contributed by atoms with Crippen LogP contribution in [0, 0.1) is 5.82 Å². The number of halogens is 1. The molecule has 0 heterocycles. The summed E-state index contributed by atoms with van der Waals surface area (Å²) in [5.74, 6) is -0.626. The standard InChI is InChI=1S/C14H20FNO2/c1-4-18-14(17)9-13(16-10(2)3)11-7-5-6-8-12(11)15/h5-8,10,13,16H,4,9H2,1-3H3. The second kappa shape index (κ2) is 7.11. The lowest BCUT2D eigenvalue weighted by Gasteiger charge is -2.21. The van der Waals surface area contributed by atoms with Gasteiger partial charge in [0.05, 0.1) is 13.0 Å². The Morgan fingerprint density at radius 3 is 2.61 bits per heavy atom. The summed E-state index contributed by atoms with van der Waals surface area (Å²) in [5, 5.41) is 3.19. The van der Waals surface area contributed by atoms with Crippen LogP contribution in [0.15, 0.2) is 24.3 Å². The van der Waals surface area contributed by atoms with Crippen molar-refractivity contribution in [2.75, 3.05) is 6.61 Å². The van der Waals surface area contributed by atoms with E-state index >= 15 is 0 Å². The molecule has 0 spiro atoms. The van der Waals surface area contributed by atoms with Gasteiger partial charge in [-0.3, -0.25) is 4.79 Å². The quantitative estimate of drug-likeness (QED) is 0.792. The Morgan fingerprint density at radius 1 is 1.39 bits per heavy atom. The molecule has 0 aliphatic carbocycles. The van der Waals surface area contributed by atoms with Crippen LogP contribution in [-0.4, -0.2) is 18.6 Å². The van der Waals surface area contributed by atoms with Crippen LogP contribution in [0.4, 0.5) is 4.39 Å². The van der Waals surface area contributed by atoms with Gasteiger partial charge in [0.15, 0.2) is 0 Å². The molecule has 1 unspecified atom stereocenters. The van der Waals surface area contributed by atoms with Gasteiger partial charge in [-0.2, -0.15) is 0 Å². The summed E-state index contributed by atoms with van der Waals surface area (Å²) in [4.78, 5) is 11.5. The molecule has 1 N–H and O–H groups in total. The highest BCUT2D eigenvalue weighted by atomic mass is 19.1. The zero-order valence-corrected chi connectivity index (χ0v) is 11.1. The summed E-state index contributed by atoms with van der Waals surface area (Å²) >= 11 is 0. The first-order chi connectivity index (χ1) is 8.54. The second-order valence-electron chi connectivity index (χ2n) is 4.40. The minimum Gasteiger partial charge on any atom is -0.466 e. The average molecular weight is 253 g/mol. The molecular formula is C14H20FNO2. The zero-order chi connectivity index (χ0) is 13.5. The van der Waals surface area contributed by atoms with Crippen molar-refractivity contribution in [3.05, 3.63) is 35.6 Å². The van der Waals surface area contributed by atoms with Crippen molar-refractivity contribution in [3.63, 3.8) is 0 Å². The van der Waals surface area contributed by atoms with E-state index in [9.17, 15) is 9.18 Å². The summed E-state index contributed by atoms with van der Waals surface area (Å²) in [6, 6.07) is 6.28. The van der Waals surface area contributed by atoms with Crippen LogP contribution in [-0.2, 0) is 9.53 Å². The first-order valence-corrected chi connectivity index (χ1v) is 6.20. The number of hydrogen-bond acceptors (Lipinski definition) is 3. The van der Waals surface area contributed by atoms with Crippen LogP contribution in [0.5, 0.6) is 0 Å². The van der Waals surface area contributed by atoms with E-state index in [1.165, 1.54) is 6.07 Å². The van der Waals surface area contributed by atoms with Crippen LogP contribution in [0.2, 0.25) is 0 Å². The van der Waals surface area contributed by atoms with Gasteiger partial charge in [0, 0.05) is 17.6 Å². The third-order valence-corrected chi connectivity index (χ3v) is 2.49. The highest BCUT2D eigenvalue weighted by molar-refractivity contribution is 5.70. The van der Waals surface area contributed by atoms with E-state index in [4.69, 9.17) is 4.74 Å². The molecule has 1 aromatic carbocycles. The fourth-order valence-electron chi connectivity index (χ4n) is 1.81. The average Bonchev–Trinajstić information content (AvgIpc) is 2.28. The number of esters is 1. The topological polar surface area (TPSA) is 38.3 Å². The number of benzene rings is 1. The normalized spacial score (nSPS) is 12.5. The summed E-state index contributed by atoms with van der Waals surface area (Å²) in [6.45, 7) is 6.01. The molecule has 0 amide bonds. The molecule has 0 saturated carbocycles. The van der Waals surface area contributed by atoms with Crippen LogP contribution in [0.25, 0.3) is 0 Å². The Balaban J connectivity index is 2.84. The molecule has 0 radical (unpaired) electrons. The predicted molar refractivity (Wildman–Crippen MR) is 68.7 cm³/mol.